The van der Waals surface area contributed by atoms with Gasteiger partial charge >= 0.3 is 18.0 Å². The van der Waals surface area contributed by atoms with E-state index >= 15 is 0 Å². The summed E-state index contributed by atoms with van der Waals surface area (Å²) in [4.78, 5) is 39.4. The van der Waals surface area contributed by atoms with Crippen LogP contribution in [0.4, 0.5) is 16.2 Å². The van der Waals surface area contributed by atoms with E-state index in [9.17, 15) is 14.4 Å². The average molecular weight is 361 g/mol. The van der Waals surface area contributed by atoms with Gasteiger partial charge in [-0.3, -0.25) is 4.90 Å². The number of nitrogens with zero attached hydrogens (tertiary/aromatic N) is 2. The first kappa shape index (κ1) is 17.7. The molecule has 1 aromatic rings. The fraction of sp³-hybridized carbons (Fsp3) is 0.353. The lowest BCUT2D eigenvalue weighted by Gasteiger charge is -2.35. The van der Waals surface area contributed by atoms with Crippen LogP contribution < -0.4 is 15.1 Å². The first-order valence-electron chi connectivity index (χ1n) is 7.88. The second-order valence-corrected chi connectivity index (χ2v) is 5.71. The van der Waals surface area contributed by atoms with E-state index in [-0.39, 0.29) is 37.2 Å². The average Bonchev–Trinajstić information content (AvgIpc) is 2.68. The summed E-state index contributed by atoms with van der Waals surface area (Å²) < 4.78 is 15.1. The van der Waals surface area contributed by atoms with Crippen molar-refractivity contribution in [3.63, 3.8) is 0 Å². The van der Waals surface area contributed by atoms with Gasteiger partial charge in [0.2, 0.25) is 0 Å². The molecule has 0 bridgehead atoms. The third-order valence-corrected chi connectivity index (χ3v) is 4.33. The molecule has 0 saturated heterocycles. The highest BCUT2D eigenvalue weighted by Gasteiger charge is 2.34. The molecule has 0 saturated carbocycles. The van der Waals surface area contributed by atoms with Gasteiger partial charge in [0.15, 0.2) is 0 Å². The highest BCUT2D eigenvalue weighted by Crippen LogP contribution is 2.35. The lowest BCUT2D eigenvalue weighted by atomic mass is 10.0. The Bertz CT molecular complexity index is 804. The summed E-state index contributed by atoms with van der Waals surface area (Å²) in [5, 5.41) is 2.77. The van der Waals surface area contributed by atoms with Crippen molar-refractivity contribution in [1.82, 2.24) is 5.32 Å². The molecule has 0 atom stereocenters. The number of hydrogen-bond acceptors (Lipinski definition) is 7. The molecule has 0 fully saturated rings. The van der Waals surface area contributed by atoms with Crippen LogP contribution in [0, 0.1) is 0 Å². The van der Waals surface area contributed by atoms with Crippen molar-refractivity contribution in [2.45, 2.75) is 6.54 Å². The van der Waals surface area contributed by atoms with Crippen molar-refractivity contribution in [2.75, 3.05) is 44.4 Å². The molecule has 2 heterocycles. The number of ether oxygens (including phenoxy) is 3. The molecule has 26 heavy (non-hydrogen) atoms. The Kier molecular flexibility index (Phi) is 4.81. The molecule has 9 nitrogen and oxygen atoms in total. The van der Waals surface area contributed by atoms with Gasteiger partial charge in [-0.25, -0.2) is 14.4 Å². The van der Waals surface area contributed by atoms with Gasteiger partial charge in [0, 0.05) is 19.2 Å². The van der Waals surface area contributed by atoms with Gasteiger partial charge in [-0.15, -0.1) is 0 Å². The highest BCUT2D eigenvalue weighted by atomic mass is 16.5. The van der Waals surface area contributed by atoms with Crippen LogP contribution >= 0.6 is 0 Å². The Balaban J connectivity index is 2.15. The first-order valence-corrected chi connectivity index (χ1v) is 7.88. The molecule has 2 aliphatic rings. The Morgan fingerprint density at radius 2 is 1.85 bits per heavy atom. The van der Waals surface area contributed by atoms with Crippen molar-refractivity contribution < 1.29 is 28.6 Å². The summed E-state index contributed by atoms with van der Waals surface area (Å²) >= 11 is 0. The minimum Gasteiger partial charge on any atom is -0.466 e. The summed E-state index contributed by atoms with van der Waals surface area (Å²) in [7, 11) is 4.13. The Morgan fingerprint density at radius 3 is 2.54 bits per heavy atom. The number of fused-ring (bicyclic) bond motifs is 1. The quantitative estimate of drug-likeness (QED) is 0.793. The maximum absolute atomic E-state index is 12.4. The topological polar surface area (TPSA) is 97.4 Å². The molecule has 138 valence electrons. The lowest BCUT2D eigenvalue weighted by molar-refractivity contribution is -0.140. The van der Waals surface area contributed by atoms with Crippen LogP contribution in [-0.2, 0) is 30.3 Å². The Labute approximate surface area is 150 Å². The molecule has 0 spiro atoms. The highest BCUT2D eigenvalue weighted by molar-refractivity contribution is 6.04. The van der Waals surface area contributed by atoms with Crippen molar-refractivity contribution in [3.8, 4) is 0 Å². The summed E-state index contributed by atoms with van der Waals surface area (Å²) in [6.07, 6.45) is 0. The number of methoxy groups -OCH3 is 2. The zero-order valence-electron chi connectivity index (χ0n) is 14.7. The summed E-state index contributed by atoms with van der Waals surface area (Å²) in [5.74, 6) is -1.33. The molecular formula is C17H19N3O6. The van der Waals surface area contributed by atoms with Crippen LogP contribution in [0.2, 0.25) is 0 Å². The molecule has 0 aliphatic carbocycles. The van der Waals surface area contributed by atoms with Crippen molar-refractivity contribution in [3.05, 3.63) is 35.0 Å². The number of nitrogens with one attached hydrogen (secondary N) is 1. The fourth-order valence-electron chi connectivity index (χ4n) is 3.04. The van der Waals surface area contributed by atoms with Gasteiger partial charge in [-0.1, -0.05) is 6.07 Å². The minimum atomic E-state index is -0.667. The van der Waals surface area contributed by atoms with Gasteiger partial charge in [-0.05, 0) is 12.1 Å². The smallest absolute Gasteiger partial charge is 0.355 e. The number of esters is 2. The third-order valence-electron chi connectivity index (χ3n) is 4.33. The molecule has 9 heteroatoms. The molecule has 3 rings (SSSR count). The number of anilines is 2. The van der Waals surface area contributed by atoms with Gasteiger partial charge in [-0.2, -0.15) is 0 Å². The van der Waals surface area contributed by atoms with Crippen LogP contribution in [0.25, 0.3) is 0 Å². The maximum Gasteiger partial charge on any atom is 0.355 e. The lowest BCUT2D eigenvalue weighted by Crippen LogP contribution is -2.44. The molecule has 0 unspecified atom stereocenters. The van der Waals surface area contributed by atoms with E-state index in [4.69, 9.17) is 14.2 Å². The van der Waals surface area contributed by atoms with Crippen LogP contribution in [0.5, 0.6) is 0 Å². The number of carbonyl (C=O) groups excluding carboxylic acids is 3. The van der Waals surface area contributed by atoms with Gasteiger partial charge in [0.05, 0.1) is 37.8 Å². The Morgan fingerprint density at radius 1 is 1.15 bits per heavy atom. The monoisotopic (exact) mass is 361 g/mol. The molecular weight excluding hydrogens is 342 g/mol. The summed E-state index contributed by atoms with van der Waals surface area (Å²) in [5.41, 5.74) is 2.29. The number of urea groups is 1. The van der Waals surface area contributed by atoms with E-state index in [1.54, 1.807) is 24.1 Å². The van der Waals surface area contributed by atoms with Gasteiger partial charge in [0.1, 0.15) is 12.4 Å². The molecule has 2 amide bonds. The largest absolute Gasteiger partial charge is 0.466 e. The van der Waals surface area contributed by atoms with Crippen LogP contribution in [-0.4, -0.2) is 52.6 Å². The maximum atomic E-state index is 12.4. The molecule has 0 aromatic heterocycles. The van der Waals surface area contributed by atoms with Crippen molar-refractivity contribution in [1.29, 1.82) is 0 Å². The van der Waals surface area contributed by atoms with Crippen molar-refractivity contribution in [2.24, 2.45) is 0 Å². The number of carbonyl (C=O) groups is 3. The normalized spacial score (nSPS) is 16.8. The standard InChI is InChI=1S/C17H19N3O6/c1-19-12-5-4-6-13(10(12)7-18-17(19)23)20-9-26-8-11(15(21)24-2)14(20)16(22)25-3/h4-6H,7-9H2,1-3H3,(H,18,23). The van der Waals surface area contributed by atoms with Gasteiger partial charge < -0.3 is 24.4 Å². The number of amides is 2. The first-order chi connectivity index (χ1) is 12.5. The predicted octanol–water partition coefficient (Wildman–Crippen LogP) is 0.740. The molecule has 0 radical (unpaired) electrons. The van der Waals surface area contributed by atoms with Crippen LogP contribution in [0.15, 0.2) is 29.5 Å². The van der Waals surface area contributed by atoms with Crippen molar-refractivity contribution >= 4 is 29.3 Å². The van der Waals surface area contributed by atoms with E-state index in [2.05, 4.69) is 5.32 Å². The van der Waals surface area contributed by atoms with Gasteiger partial charge in [0.25, 0.3) is 0 Å². The number of hydrogen-bond donors (Lipinski definition) is 1. The predicted molar refractivity (Wildman–Crippen MR) is 91.4 cm³/mol. The zero-order valence-corrected chi connectivity index (χ0v) is 14.7. The number of rotatable bonds is 3. The van der Waals surface area contributed by atoms with E-state index in [1.807, 2.05) is 6.07 Å². The van der Waals surface area contributed by atoms with E-state index in [0.717, 1.165) is 5.56 Å². The molecule has 2 aliphatic heterocycles. The van der Waals surface area contributed by atoms with E-state index < -0.39 is 11.9 Å². The fourth-order valence-corrected chi connectivity index (χ4v) is 3.04. The van der Waals surface area contributed by atoms with E-state index in [0.29, 0.717) is 11.4 Å². The second-order valence-electron chi connectivity index (χ2n) is 5.71. The molecule has 1 aromatic carbocycles. The van der Waals surface area contributed by atoms with Crippen LogP contribution in [0.3, 0.4) is 0 Å². The Hall–Kier alpha value is -3.07. The SMILES string of the molecule is COC(=O)C1=C(C(=O)OC)N(c2cccc3c2CNC(=O)N3C)COC1. The third kappa shape index (κ3) is 2.86. The molecule has 1 N–H and O–H groups in total. The zero-order chi connectivity index (χ0) is 18.8. The van der Waals surface area contributed by atoms with E-state index in [1.165, 1.54) is 19.1 Å². The summed E-state index contributed by atoms with van der Waals surface area (Å²) in [6, 6.07) is 5.15. The minimum absolute atomic E-state index is 0.0546. The second kappa shape index (κ2) is 7.04. The van der Waals surface area contributed by atoms with Crippen LogP contribution in [0.1, 0.15) is 5.56 Å². The summed E-state index contributed by atoms with van der Waals surface area (Å²) in [6.45, 7) is 0.283. The number of benzene rings is 1.